The van der Waals surface area contributed by atoms with Gasteiger partial charge >= 0.3 is 6.03 Å². The summed E-state index contributed by atoms with van der Waals surface area (Å²) in [5.74, 6) is -0.226. The van der Waals surface area contributed by atoms with E-state index < -0.39 is 29.9 Å². The molecular weight excluding hydrogens is 406 g/mol. The number of hydrogen-bond acceptors (Lipinski definition) is 5. The lowest BCUT2D eigenvalue weighted by Gasteiger charge is -2.34. The Morgan fingerprint density at radius 2 is 1.97 bits per heavy atom. The van der Waals surface area contributed by atoms with Gasteiger partial charge in [0.2, 0.25) is 11.9 Å². The highest BCUT2D eigenvalue weighted by Crippen LogP contribution is 2.36. The van der Waals surface area contributed by atoms with Crippen LogP contribution in [0, 0.1) is 11.3 Å². The maximum atomic E-state index is 13.0. The van der Waals surface area contributed by atoms with E-state index in [-0.39, 0.29) is 11.4 Å². The maximum absolute atomic E-state index is 13.0. The third kappa shape index (κ3) is 4.09. The lowest BCUT2D eigenvalue weighted by atomic mass is 9.72. The van der Waals surface area contributed by atoms with Gasteiger partial charge in [-0.25, -0.2) is 14.8 Å². The molecule has 2 atom stereocenters. The first-order chi connectivity index (χ1) is 15.1. The number of rotatable bonds is 4. The van der Waals surface area contributed by atoms with Gasteiger partial charge in [-0.05, 0) is 48.6 Å². The van der Waals surface area contributed by atoms with E-state index in [1.54, 1.807) is 37.4 Å². The second-order valence-electron chi connectivity index (χ2n) is 9.83. The van der Waals surface area contributed by atoms with Gasteiger partial charge in [-0.2, -0.15) is 0 Å². The Bertz CT molecular complexity index is 1060. The van der Waals surface area contributed by atoms with E-state index >= 15 is 0 Å². The van der Waals surface area contributed by atoms with E-state index in [4.69, 9.17) is 0 Å². The molecule has 2 N–H and O–H groups in total. The van der Waals surface area contributed by atoms with Crippen molar-refractivity contribution >= 4 is 23.8 Å². The summed E-state index contributed by atoms with van der Waals surface area (Å²) in [5, 5.41) is 5.33. The number of imide groups is 1. The van der Waals surface area contributed by atoms with E-state index in [9.17, 15) is 14.4 Å². The van der Waals surface area contributed by atoms with Crippen LogP contribution in [0.5, 0.6) is 0 Å². The second kappa shape index (κ2) is 8.00. The fourth-order valence-corrected chi connectivity index (χ4v) is 4.42. The molecule has 8 nitrogen and oxygen atoms in total. The lowest BCUT2D eigenvalue weighted by molar-refractivity contribution is -0.133. The van der Waals surface area contributed by atoms with Gasteiger partial charge in [0.05, 0.1) is 0 Å². The highest BCUT2D eigenvalue weighted by Gasteiger charge is 2.49. The van der Waals surface area contributed by atoms with Gasteiger partial charge in [-0.1, -0.05) is 51.1 Å². The Balaban J connectivity index is 1.42. The number of urea groups is 1. The average Bonchev–Trinajstić information content (AvgIpc) is 2.97. The van der Waals surface area contributed by atoms with E-state index in [1.165, 1.54) is 0 Å². The summed E-state index contributed by atoms with van der Waals surface area (Å²) in [4.78, 5) is 47.7. The predicted octanol–water partition coefficient (Wildman–Crippen LogP) is 3.03. The molecule has 2 aromatic rings. The molecule has 168 valence electrons. The largest absolute Gasteiger partial charge is 0.325 e. The predicted molar refractivity (Wildman–Crippen MR) is 120 cm³/mol. The molecule has 32 heavy (non-hydrogen) atoms. The van der Waals surface area contributed by atoms with Crippen LogP contribution in [0.3, 0.4) is 0 Å². The standard InChI is InChI=1S/C24H29N5O3/c1-23(2,3)17-10-11-18-15(12-17)13-25-21(26-18)27-19(30)14-29-20(31)24(4,28-22(29)32)16-8-6-5-7-9-16/h5-9,13,17H,10-12,14H2,1-4H3,(H,28,32)(H,25,26,27,30). The number of hydrogen-bond donors (Lipinski definition) is 2. The quantitative estimate of drug-likeness (QED) is 0.719. The van der Waals surface area contributed by atoms with Crippen molar-refractivity contribution in [3.63, 3.8) is 0 Å². The maximum Gasteiger partial charge on any atom is 0.325 e. The summed E-state index contributed by atoms with van der Waals surface area (Å²) in [7, 11) is 0. The highest BCUT2D eigenvalue weighted by molar-refractivity contribution is 6.10. The zero-order chi connectivity index (χ0) is 23.1. The second-order valence-corrected chi connectivity index (χ2v) is 9.83. The molecule has 1 aliphatic carbocycles. The van der Waals surface area contributed by atoms with Crippen LogP contribution in [-0.4, -0.2) is 39.3 Å². The van der Waals surface area contributed by atoms with Gasteiger partial charge in [0.15, 0.2) is 0 Å². The first-order valence-corrected chi connectivity index (χ1v) is 10.9. The van der Waals surface area contributed by atoms with E-state index in [2.05, 4.69) is 41.4 Å². The number of nitrogens with zero attached hydrogens (tertiary/aromatic N) is 3. The van der Waals surface area contributed by atoms with Crippen LogP contribution in [0.15, 0.2) is 36.5 Å². The number of aryl methyl sites for hydroxylation is 1. The number of aromatic nitrogens is 2. The van der Waals surface area contributed by atoms with Crippen molar-refractivity contribution in [1.29, 1.82) is 0 Å². The Hall–Kier alpha value is -3.29. The van der Waals surface area contributed by atoms with Crippen LogP contribution in [0.25, 0.3) is 0 Å². The van der Waals surface area contributed by atoms with Crippen molar-refractivity contribution in [1.82, 2.24) is 20.2 Å². The van der Waals surface area contributed by atoms with Crippen molar-refractivity contribution in [2.24, 2.45) is 11.3 Å². The molecule has 2 aliphatic rings. The first kappa shape index (κ1) is 21.9. The molecule has 1 aromatic heterocycles. The van der Waals surface area contributed by atoms with Gasteiger partial charge in [-0.15, -0.1) is 0 Å². The van der Waals surface area contributed by atoms with Crippen molar-refractivity contribution in [3.8, 4) is 0 Å². The fourth-order valence-electron chi connectivity index (χ4n) is 4.42. The summed E-state index contributed by atoms with van der Waals surface area (Å²) < 4.78 is 0. The smallest absolute Gasteiger partial charge is 0.319 e. The summed E-state index contributed by atoms with van der Waals surface area (Å²) in [6.45, 7) is 7.97. The molecule has 4 rings (SSSR count). The number of anilines is 1. The summed E-state index contributed by atoms with van der Waals surface area (Å²) in [6.07, 6.45) is 4.58. The number of nitrogens with one attached hydrogen (secondary N) is 2. The van der Waals surface area contributed by atoms with Crippen molar-refractivity contribution in [2.45, 2.75) is 52.5 Å². The Morgan fingerprint density at radius 3 is 2.66 bits per heavy atom. The van der Waals surface area contributed by atoms with Crippen molar-refractivity contribution in [2.75, 3.05) is 11.9 Å². The molecule has 2 heterocycles. The Morgan fingerprint density at radius 1 is 1.25 bits per heavy atom. The average molecular weight is 436 g/mol. The van der Waals surface area contributed by atoms with Crippen LogP contribution in [0.4, 0.5) is 10.7 Å². The van der Waals surface area contributed by atoms with Gasteiger partial charge in [0.1, 0.15) is 12.1 Å². The topological polar surface area (TPSA) is 104 Å². The normalized spacial score (nSPS) is 23.0. The zero-order valence-electron chi connectivity index (χ0n) is 18.9. The molecule has 1 fully saturated rings. The molecule has 0 spiro atoms. The number of carbonyl (C=O) groups excluding carboxylic acids is 3. The van der Waals surface area contributed by atoms with Crippen LogP contribution in [-0.2, 0) is 28.0 Å². The van der Waals surface area contributed by atoms with Crippen LogP contribution < -0.4 is 10.6 Å². The van der Waals surface area contributed by atoms with Crippen LogP contribution in [0.1, 0.15) is 50.9 Å². The highest BCUT2D eigenvalue weighted by atomic mass is 16.2. The monoisotopic (exact) mass is 435 g/mol. The third-order valence-electron chi connectivity index (χ3n) is 6.55. The molecule has 0 bridgehead atoms. The van der Waals surface area contributed by atoms with Crippen molar-refractivity contribution in [3.05, 3.63) is 53.3 Å². The molecule has 0 radical (unpaired) electrons. The first-order valence-electron chi connectivity index (χ1n) is 10.9. The van der Waals surface area contributed by atoms with E-state index in [0.717, 1.165) is 35.4 Å². The third-order valence-corrected chi connectivity index (χ3v) is 6.55. The minimum absolute atomic E-state index is 0.195. The van der Waals surface area contributed by atoms with Gasteiger partial charge in [0.25, 0.3) is 5.91 Å². The van der Waals surface area contributed by atoms with Gasteiger partial charge in [-0.3, -0.25) is 19.8 Å². The summed E-state index contributed by atoms with van der Waals surface area (Å²) >= 11 is 0. The summed E-state index contributed by atoms with van der Waals surface area (Å²) in [6, 6.07) is 8.37. The number of fused-ring (bicyclic) bond motifs is 1. The molecule has 8 heteroatoms. The zero-order valence-corrected chi connectivity index (χ0v) is 18.9. The van der Waals surface area contributed by atoms with Crippen molar-refractivity contribution < 1.29 is 14.4 Å². The molecule has 1 saturated heterocycles. The number of carbonyl (C=O) groups is 3. The molecule has 1 aromatic carbocycles. The Kier molecular flexibility index (Phi) is 5.48. The minimum atomic E-state index is -1.20. The van der Waals surface area contributed by atoms with E-state index in [1.807, 2.05) is 6.07 Å². The molecule has 1 aliphatic heterocycles. The molecule has 2 unspecified atom stereocenters. The summed E-state index contributed by atoms with van der Waals surface area (Å²) in [5.41, 5.74) is 1.74. The molecular formula is C24H29N5O3. The SMILES string of the molecule is CC1(c2ccccc2)NC(=O)N(CC(=O)Nc2ncc3c(n2)CCC(C(C)(C)C)C3)C1=O. The van der Waals surface area contributed by atoms with Crippen LogP contribution >= 0.6 is 0 Å². The number of amides is 4. The number of benzene rings is 1. The minimum Gasteiger partial charge on any atom is -0.319 e. The molecule has 0 saturated carbocycles. The van der Waals surface area contributed by atoms with Gasteiger partial charge in [0, 0.05) is 11.9 Å². The fraction of sp³-hybridized carbons (Fsp3) is 0.458. The van der Waals surface area contributed by atoms with E-state index in [0.29, 0.717) is 11.5 Å². The van der Waals surface area contributed by atoms with Gasteiger partial charge < -0.3 is 5.32 Å². The lowest BCUT2D eigenvalue weighted by Crippen LogP contribution is -2.42. The Labute approximate surface area is 187 Å². The van der Waals surface area contributed by atoms with Crippen LogP contribution in [0.2, 0.25) is 0 Å². The molecule has 4 amide bonds.